The lowest BCUT2D eigenvalue weighted by atomic mass is 10.1. The van der Waals surface area contributed by atoms with Crippen molar-refractivity contribution in [2.45, 2.75) is 32.2 Å². The second kappa shape index (κ2) is 6.10. The molecule has 0 amide bonds. The molecule has 1 saturated heterocycles. The summed E-state index contributed by atoms with van der Waals surface area (Å²) in [5.41, 5.74) is 0. The number of piperidine rings is 1. The van der Waals surface area contributed by atoms with Gasteiger partial charge < -0.3 is 10.2 Å². The molecule has 0 bridgehead atoms. The minimum absolute atomic E-state index is 0.0981. The molecule has 1 aromatic heterocycles. The fourth-order valence-corrected chi connectivity index (χ4v) is 2.92. The minimum atomic E-state index is -0.396. The summed E-state index contributed by atoms with van der Waals surface area (Å²) in [6.07, 6.45) is 4.66. The minimum Gasteiger partial charge on any atom is -0.359 e. The summed E-state index contributed by atoms with van der Waals surface area (Å²) in [5.74, 6) is 0. The number of thiazole rings is 1. The van der Waals surface area contributed by atoms with Crippen LogP contribution < -0.4 is 5.32 Å². The maximum absolute atomic E-state index is 10.6. The lowest BCUT2D eigenvalue weighted by Crippen LogP contribution is -2.39. The van der Waals surface area contributed by atoms with Gasteiger partial charge in [-0.15, -0.1) is 0 Å². The topological polar surface area (TPSA) is 71.3 Å². The molecule has 0 spiro atoms. The molecule has 1 N–H and O–H groups in total. The molecule has 2 rings (SSSR count). The highest BCUT2D eigenvalue weighted by Gasteiger charge is 2.20. The van der Waals surface area contributed by atoms with Gasteiger partial charge in [0.15, 0.2) is 5.13 Å². The van der Waals surface area contributed by atoms with E-state index in [9.17, 15) is 10.1 Å². The van der Waals surface area contributed by atoms with Gasteiger partial charge >= 0.3 is 5.00 Å². The highest BCUT2D eigenvalue weighted by molar-refractivity contribution is 7.18. The van der Waals surface area contributed by atoms with Crippen molar-refractivity contribution < 1.29 is 4.92 Å². The van der Waals surface area contributed by atoms with E-state index in [-0.39, 0.29) is 5.00 Å². The van der Waals surface area contributed by atoms with Crippen LogP contribution in [0.25, 0.3) is 0 Å². The van der Waals surface area contributed by atoms with Gasteiger partial charge in [-0.25, -0.2) is 4.98 Å². The molecule has 18 heavy (non-hydrogen) atoms. The molecule has 2 heterocycles. The lowest BCUT2D eigenvalue weighted by Gasteiger charge is -2.31. The van der Waals surface area contributed by atoms with Crippen molar-refractivity contribution in [2.24, 2.45) is 0 Å². The molecule has 1 aromatic rings. The first-order valence-corrected chi connectivity index (χ1v) is 7.09. The molecular weight excluding hydrogens is 252 g/mol. The number of nitro groups is 1. The van der Waals surface area contributed by atoms with Gasteiger partial charge in [-0.2, -0.15) is 0 Å². The molecule has 0 aromatic carbocycles. The number of rotatable bonds is 5. The third-order valence-electron chi connectivity index (χ3n) is 3.13. The van der Waals surface area contributed by atoms with Gasteiger partial charge in [0.2, 0.25) is 0 Å². The average Bonchev–Trinajstić information content (AvgIpc) is 2.81. The number of hydrogen-bond donors (Lipinski definition) is 1. The maximum Gasteiger partial charge on any atom is 0.345 e. The molecule has 1 aliphatic heterocycles. The summed E-state index contributed by atoms with van der Waals surface area (Å²) in [6, 6.07) is 0.392. The van der Waals surface area contributed by atoms with Crippen molar-refractivity contribution in [3.63, 3.8) is 0 Å². The number of likely N-dealkylation sites (tertiary alicyclic amines) is 1. The molecule has 0 radical (unpaired) electrons. The van der Waals surface area contributed by atoms with Gasteiger partial charge in [-0.1, -0.05) is 6.92 Å². The third kappa shape index (κ3) is 3.39. The molecule has 0 atom stereocenters. The van der Waals surface area contributed by atoms with Crippen LogP contribution in [0.3, 0.4) is 0 Å². The van der Waals surface area contributed by atoms with E-state index in [1.807, 2.05) is 0 Å². The monoisotopic (exact) mass is 270 g/mol. The molecule has 0 aliphatic carbocycles. The predicted octanol–water partition coefficient (Wildman–Crippen LogP) is 2.34. The van der Waals surface area contributed by atoms with Crippen LogP contribution in [0, 0.1) is 10.1 Å². The summed E-state index contributed by atoms with van der Waals surface area (Å²) < 4.78 is 0. The van der Waals surface area contributed by atoms with Gasteiger partial charge in [0.25, 0.3) is 0 Å². The van der Waals surface area contributed by atoms with E-state index in [4.69, 9.17) is 0 Å². The smallest absolute Gasteiger partial charge is 0.345 e. The Hall–Kier alpha value is -1.21. The van der Waals surface area contributed by atoms with Crippen LogP contribution in [0.15, 0.2) is 6.20 Å². The van der Waals surface area contributed by atoms with Gasteiger partial charge in [-0.3, -0.25) is 10.1 Å². The summed E-state index contributed by atoms with van der Waals surface area (Å²) in [6.45, 7) is 5.55. The first kappa shape index (κ1) is 13.2. The highest BCUT2D eigenvalue weighted by Crippen LogP contribution is 2.26. The van der Waals surface area contributed by atoms with Gasteiger partial charge in [0, 0.05) is 19.1 Å². The standard InChI is InChI=1S/C11H18N4O2S/c1-2-5-14-6-3-9(4-7-14)13-11-12-8-10(18-11)15(16)17/h8-9H,2-7H2,1H3,(H,12,13). The average molecular weight is 270 g/mol. The van der Waals surface area contributed by atoms with Crippen molar-refractivity contribution >= 4 is 21.5 Å². The van der Waals surface area contributed by atoms with Crippen LogP contribution in [-0.4, -0.2) is 40.5 Å². The molecule has 1 fully saturated rings. The predicted molar refractivity (Wildman–Crippen MR) is 72.1 cm³/mol. The van der Waals surface area contributed by atoms with Crippen molar-refractivity contribution in [3.8, 4) is 0 Å². The second-order valence-corrected chi connectivity index (χ2v) is 5.53. The number of aromatic nitrogens is 1. The molecule has 7 heteroatoms. The molecule has 0 unspecified atom stereocenters. The highest BCUT2D eigenvalue weighted by atomic mass is 32.1. The number of anilines is 1. The Balaban J connectivity index is 1.82. The Bertz CT molecular complexity index is 402. The zero-order chi connectivity index (χ0) is 13.0. The van der Waals surface area contributed by atoms with E-state index in [0.29, 0.717) is 11.2 Å². The Kier molecular flexibility index (Phi) is 4.48. The van der Waals surface area contributed by atoms with E-state index in [1.165, 1.54) is 12.6 Å². The first-order chi connectivity index (χ1) is 8.69. The Morgan fingerprint density at radius 1 is 1.61 bits per heavy atom. The fraction of sp³-hybridized carbons (Fsp3) is 0.727. The molecule has 100 valence electrons. The molecule has 1 aliphatic rings. The third-order valence-corrected chi connectivity index (χ3v) is 4.01. The van der Waals surface area contributed by atoms with Crippen molar-refractivity contribution in [1.82, 2.24) is 9.88 Å². The SMILES string of the molecule is CCCN1CCC(Nc2ncc([N+](=O)[O-])s2)CC1. The van der Waals surface area contributed by atoms with Crippen LogP contribution in [-0.2, 0) is 0 Å². The van der Waals surface area contributed by atoms with E-state index < -0.39 is 4.92 Å². The number of nitrogens with one attached hydrogen (secondary N) is 1. The van der Waals surface area contributed by atoms with Crippen LogP contribution in [0.4, 0.5) is 10.1 Å². The van der Waals surface area contributed by atoms with E-state index in [0.717, 1.165) is 43.8 Å². The summed E-state index contributed by atoms with van der Waals surface area (Å²) in [5, 5.41) is 14.6. The van der Waals surface area contributed by atoms with Crippen LogP contribution in [0.1, 0.15) is 26.2 Å². The zero-order valence-corrected chi connectivity index (χ0v) is 11.3. The Labute approximate surface area is 110 Å². The van der Waals surface area contributed by atoms with Gasteiger partial charge in [0.1, 0.15) is 6.20 Å². The molecule has 6 nitrogen and oxygen atoms in total. The number of hydrogen-bond acceptors (Lipinski definition) is 6. The molecule has 0 saturated carbocycles. The van der Waals surface area contributed by atoms with Crippen LogP contribution >= 0.6 is 11.3 Å². The quantitative estimate of drug-likeness (QED) is 0.657. The lowest BCUT2D eigenvalue weighted by molar-refractivity contribution is -0.380. The Morgan fingerprint density at radius 3 is 2.89 bits per heavy atom. The van der Waals surface area contributed by atoms with E-state index >= 15 is 0 Å². The van der Waals surface area contributed by atoms with Crippen molar-refractivity contribution in [2.75, 3.05) is 25.0 Å². The van der Waals surface area contributed by atoms with Gasteiger partial charge in [-0.05, 0) is 37.1 Å². The largest absolute Gasteiger partial charge is 0.359 e. The molecular formula is C11H18N4O2S. The zero-order valence-electron chi connectivity index (χ0n) is 10.5. The van der Waals surface area contributed by atoms with Crippen LogP contribution in [0.5, 0.6) is 0 Å². The maximum atomic E-state index is 10.6. The Morgan fingerprint density at radius 2 is 2.33 bits per heavy atom. The second-order valence-electron chi connectivity index (χ2n) is 4.52. The number of nitrogens with zero attached hydrogens (tertiary/aromatic N) is 3. The van der Waals surface area contributed by atoms with Gasteiger partial charge in [0.05, 0.1) is 4.92 Å². The fourth-order valence-electron chi connectivity index (χ4n) is 2.21. The first-order valence-electron chi connectivity index (χ1n) is 6.28. The van der Waals surface area contributed by atoms with Crippen LogP contribution in [0.2, 0.25) is 0 Å². The van der Waals surface area contributed by atoms with Crippen molar-refractivity contribution in [1.29, 1.82) is 0 Å². The van der Waals surface area contributed by atoms with E-state index in [1.54, 1.807) is 0 Å². The summed E-state index contributed by atoms with van der Waals surface area (Å²) in [4.78, 5) is 16.7. The normalized spacial score (nSPS) is 17.8. The van der Waals surface area contributed by atoms with E-state index in [2.05, 4.69) is 22.1 Å². The summed E-state index contributed by atoms with van der Waals surface area (Å²) >= 11 is 1.11. The summed E-state index contributed by atoms with van der Waals surface area (Å²) in [7, 11) is 0. The van der Waals surface area contributed by atoms with Crippen molar-refractivity contribution in [3.05, 3.63) is 16.3 Å².